The zero-order valence-electron chi connectivity index (χ0n) is 5.14. The lowest BCUT2D eigenvalue weighted by Crippen LogP contribution is -1.98. The number of nitrogens with one attached hydrogen (secondary N) is 1. The van der Waals surface area contributed by atoms with Gasteiger partial charge in [-0.15, -0.1) is 0 Å². The van der Waals surface area contributed by atoms with E-state index in [0.29, 0.717) is 0 Å². The number of hydrogen-bond donors (Lipinski definition) is 2. The van der Waals surface area contributed by atoms with Crippen molar-refractivity contribution < 1.29 is 13.2 Å². The van der Waals surface area contributed by atoms with Crippen molar-refractivity contribution in [3.63, 3.8) is 0 Å². The molecule has 0 fully saturated rings. The van der Waals surface area contributed by atoms with Crippen molar-refractivity contribution in [2.24, 2.45) is 0 Å². The standard InChI is InChI=1S/C4H4F3N3S/c5-4(6,7)11-3-1-2(8)9-10-3/h1H,(H3,8,9,10). The van der Waals surface area contributed by atoms with Crippen LogP contribution in [0.3, 0.4) is 0 Å². The summed E-state index contributed by atoms with van der Waals surface area (Å²) in [4.78, 5) is 0. The number of H-pyrrole nitrogens is 1. The van der Waals surface area contributed by atoms with E-state index in [2.05, 4.69) is 10.2 Å². The summed E-state index contributed by atoms with van der Waals surface area (Å²) in [5.41, 5.74) is 0.795. The summed E-state index contributed by atoms with van der Waals surface area (Å²) in [5, 5.41) is 5.32. The zero-order valence-corrected chi connectivity index (χ0v) is 5.96. The Labute approximate surface area is 64.2 Å². The number of nitrogens with zero attached hydrogens (tertiary/aromatic N) is 1. The Kier molecular flexibility index (Phi) is 1.99. The summed E-state index contributed by atoms with van der Waals surface area (Å²) in [5.74, 6) is 0.122. The number of halogens is 3. The summed E-state index contributed by atoms with van der Waals surface area (Å²) < 4.78 is 34.9. The molecule has 0 amide bonds. The number of rotatable bonds is 1. The minimum Gasteiger partial charge on any atom is -0.384 e. The van der Waals surface area contributed by atoms with Gasteiger partial charge in [0, 0.05) is 17.8 Å². The molecular weight excluding hydrogens is 179 g/mol. The highest BCUT2D eigenvalue weighted by atomic mass is 32.2. The Morgan fingerprint density at radius 3 is 2.55 bits per heavy atom. The molecule has 1 rings (SSSR count). The van der Waals surface area contributed by atoms with Crippen LogP contribution in [0.1, 0.15) is 0 Å². The molecule has 1 aromatic rings. The monoisotopic (exact) mass is 183 g/mol. The number of anilines is 1. The van der Waals surface area contributed by atoms with Crippen LogP contribution in [0, 0.1) is 0 Å². The first kappa shape index (κ1) is 8.25. The van der Waals surface area contributed by atoms with E-state index in [-0.39, 0.29) is 22.6 Å². The van der Waals surface area contributed by atoms with Crippen molar-refractivity contribution in [2.45, 2.75) is 10.5 Å². The minimum absolute atomic E-state index is 0.122. The molecule has 0 aliphatic carbocycles. The van der Waals surface area contributed by atoms with E-state index < -0.39 is 5.51 Å². The summed E-state index contributed by atoms with van der Waals surface area (Å²) >= 11 is -0.301. The third-order valence-corrected chi connectivity index (χ3v) is 1.44. The maximum atomic E-state index is 11.6. The molecule has 62 valence electrons. The van der Waals surface area contributed by atoms with Crippen LogP contribution in [-0.4, -0.2) is 15.7 Å². The molecule has 0 spiro atoms. The highest BCUT2D eigenvalue weighted by Gasteiger charge is 2.30. The van der Waals surface area contributed by atoms with Gasteiger partial charge >= 0.3 is 5.51 Å². The molecule has 7 heteroatoms. The van der Waals surface area contributed by atoms with E-state index >= 15 is 0 Å². The number of hydrogen-bond acceptors (Lipinski definition) is 3. The maximum absolute atomic E-state index is 11.6. The number of nitrogens with two attached hydrogens (primary N) is 1. The lowest BCUT2D eigenvalue weighted by molar-refractivity contribution is -0.0329. The van der Waals surface area contributed by atoms with Crippen molar-refractivity contribution in [3.05, 3.63) is 6.07 Å². The first-order chi connectivity index (χ1) is 4.97. The van der Waals surface area contributed by atoms with Crippen LogP contribution >= 0.6 is 11.8 Å². The van der Waals surface area contributed by atoms with Crippen LogP contribution in [0.15, 0.2) is 11.1 Å². The minimum atomic E-state index is -4.30. The maximum Gasteiger partial charge on any atom is 0.447 e. The third-order valence-electron chi connectivity index (χ3n) is 0.794. The predicted molar refractivity (Wildman–Crippen MR) is 34.9 cm³/mol. The summed E-state index contributed by atoms with van der Waals surface area (Å²) in [6.07, 6.45) is 0. The summed E-state index contributed by atoms with van der Waals surface area (Å²) in [7, 11) is 0. The van der Waals surface area contributed by atoms with Crippen molar-refractivity contribution >= 4 is 17.6 Å². The molecule has 11 heavy (non-hydrogen) atoms. The van der Waals surface area contributed by atoms with Crippen LogP contribution in [0.4, 0.5) is 19.0 Å². The molecule has 0 saturated heterocycles. The molecule has 0 aliphatic heterocycles. The average Bonchev–Trinajstić information content (AvgIpc) is 2.10. The van der Waals surface area contributed by atoms with Gasteiger partial charge < -0.3 is 5.73 Å². The van der Waals surface area contributed by atoms with Crippen molar-refractivity contribution in [1.29, 1.82) is 0 Å². The van der Waals surface area contributed by atoms with Gasteiger partial charge in [-0.05, 0) is 0 Å². The highest BCUT2D eigenvalue weighted by Crippen LogP contribution is 2.35. The van der Waals surface area contributed by atoms with Gasteiger partial charge in [-0.2, -0.15) is 18.3 Å². The average molecular weight is 183 g/mol. The first-order valence-corrected chi connectivity index (χ1v) is 3.35. The lowest BCUT2D eigenvalue weighted by Gasteiger charge is -1.99. The van der Waals surface area contributed by atoms with Gasteiger partial charge in [0.25, 0.3) is 0 Å². The Balaban J connectivity index is 2.65. The molecule has 0 bridgehead atoms. The zero-order chi connectivity index (χ0) is 8.48. The number of nitrogen functional groups attached to an aromatic ring is 1. The second-order valence-corrected chi connectivity index (χ2v) is 2.79. The molecule has 0 unspecified atom stereocenters. The summed E-state index contributed by atoms with van der Waals surface area (Å²) in [6, 6.07) is 1.12. The van der Waals surface area contributed by atoms with Crippen LogP contribution in [0.5, 0.6) is 0 Å². The van der Waals surface area contributed by atoms with E-state index in [4.69, 9.17) is 5.73 Å². The molecule has 3 N–H and O–H groups in total. The quantitative estimate of drug-likeness (QED) is 0.650. The van der Waals surface area contributed by atoms with Gasteiger partial charge in [0.1, 0.15) is 10.8 Å². The fourth-order valence-electron chi connectivity index (χ4n) is 0.488. The largest absolute Gasteiger partial charge is 0.447 e. The second-order valence-electron chi connectivity index (χ2n) is 1.71. The molecule has 0 aliphatic rings. The molecule has 0 aromatic carbocycles. The molecule has 0 atom stereocenters. The van der Waals surface area contributed by atoms with Gasteiger partial charge in [0.15, 0.2) is 0 Å². The number of aromatic amines is 1. The van der Waals surface area contributed by atoms with E-state index in [0.717, 1.165) is 6.07 Å². The fourth-order valence-corrected chi connectivity index (χ4v) is 1.00. The smallest absolute Gasteiger partial charge is 0.384 e. The second kappa shape index (κ2) is 2.65. The highest BCUT2D eigenvalue weighted by molar-refractivity contribution is 8.00. The van der Waals surface area contributed by atoms with Crippen LogP contribution in [0.25, 0.3) is 0 Å². The van der Waals surface area contributed by atoms with Gasteiger partial charge in [-0.3, -0.25) is 5.10 Å². The lowest BCUT2D eigenvalue weighted by atomic mass is 10.7. The summed E-state index contributed by atoms with van der Waals surface area (Å²) in [6.45, 7) is 0. The van der Waals surface area contributed by atoms with Crippen molar-refractivity contribution in [1.82, 2.24) is 10.2 Å². The Hall–Kier alpha value is -0.850. The molecular formula is C4H4F3N3S. The van der Waals surface area contributed by atoms with Crippen molar-refractivity contribution in [2.75, 3.05) is 5.73 Å². The van der Waals surface area contributed by atoms with E-state index in [9.17, 15) is 13.2 Å². The van der Waals surface area contributed by atoms with Crippen LogP contribution < -0.4 is 5.73 Å². The van der Waals surface area contributed by atoms with Gasteiger partial charge in [-0.1, -0.05) is 0 Å². The van der Waals surface area contributed by atoms with E-state index in [1.807, 2.05) is 0 Å². The SMILES string of the molecule is Nc1cc(SC(F)(F)F)n[nH]1. The predicted octanol–water partition coefficient (Wildman–Crippen LogP) is 1.60. The first-order valence-electron chi connectivity index (χ1n) is 2.54. The fraction of sp³-hybridized carbons (Fsp3) is 0.250. The van der Waals surface area contributed by atoms with E-state index in [1.165, 1.54) is 0 Å². The molecule has 0 radical (unpaired) electrons. The number of thioether (sulfide) groups is 1. The Morgan fingerprint density at radius 1 is 1.55 bits per heavy atom. The van der Waals surface area contributed by atoms with Gasteiger partial charge in [0.2, 0.25) is 0 Å². The van der Waals surface area contributed by atoms with Gasteiger partial charge in [0.05, 0.1) is 0 Å². The van der Waals surface area contributed by atoms with Gasteiger partial charge in [-0.25, -0.2) is 0 Å². The Bertz CT molecular complexity index is 243. The third kappa shape index (κ3) is 2.71. The number of aromatic nitrogens is 2. The molecule has 1 aromatic heterocycles. The normalized spacial score (nSPS) is 11.9. The molecule has 1 heterocycles. The van der Waals surface area contributed by atoms with Crippen molar-refractivity contribution in [3.8, 4) is 0 Å². The molecule has 3 nitrogen and oxygen atoms in total. The molecule has 0 saturated carbocycles. The van der Waals surface area contributed by atoms with Crippen LogP contribution in [0.2, 0.25) is 0 Å². The number of alkyl halides is 3. The topological polar surface area (TPSA) is 54.7 Å². The Morgan fingerprint density at radius 2 is 2.18 bits per heavy atom. The van der Waals surface area contributed by atoms with E-state index in [1.54, 1.807) is 0 Å². The van der Waals surface area contributed by atoms with Crippen LogP contribution in [-0.2, 0) is 0 Å².